The first-order valence-corrected chi connectivity index (χ1v) is 8.33. The Morgan fingerprint density at radius 3 is 2.56 bits per heavy atom. The number of rotatable bonds is 5. The average molecular weight is 350 g/mol. The molecular formula is C18H26N2O5. The van der Waals surface area contributed by atoms with E-state index in [1.54, 1.807) is 20.8 Å². The molecule has 1 aromatic rings. The molecule has 0 spiro atoms. The van der Waals surface area contributed by atoms with Crippen LogP contribution in [-0.4, -0.2) is 59.5 Å². The zero-order valence-corrected chi connectivity index (χ0v) is 14.9. The van der Waals surface area contributed by atoms with E-state index in [1.807, 2.05) is 30.3 Å². The first-order chi connectivity index (χ1) is 11.7. The van der Waals surface area contributed by atoms with Crippen molar-refractivity contribution in [2.75, 3.05) is 19.6 Å². The molecule has 7 heteroatoms. The highest BCUT2D eigenvalue weighted by Gasteiger charge is 2.36. The lowest BCUT2D eigenvalue weighted by molar-refractivity contribution is -0.144. The maximum atomic E-state index is 12.0. The first-order valence-electron chi connectivity index (χ1n) is 8.33. The van der Waals surface area contributed by atoms with Crippen molar-refractivity contribution in [3.8, 4) is 0 Å². The maximum Gasteiger partial charge on any atom is 0.410 e. The number of nitrogens with zero attached hydrogens (tertiary/aromatic N) is 1. The maximum absolute atomic E-state index is 12.0. The number of likely N-dealkylation sites (tertiary alicyclic amines) is 1. The molecule has 7 nitrogen and oxygen atoms in total. The predicted octanol–water partition coefficient (Wildman–Crippen LogP) is 1.30. The van der Waals surface area contributed by atoms with Crippen molar-refractivity contribution in [3.63, 3.8) is 0 Å². The van der Waals surface area contributed by atoms with Crippen LogP contribution in [0.2, 0.25) is 0 Å². The largest absolute Gasteiger partial charge is 0.460 e. The number of aliphatic hydroxyl groups excluding tert-OH is 1. The van der Waals surface area contributed by atoms with Crippen LogP contribution >= 0.6 is 0 Å². The van der Waals surface area contributed by atoms with Gasteiger partial charge in [-0.15, -0.1) is 0 Å². The van der Waals surface area contributed by atoms with Gasteiger partial charge in [0.05, 0.1) is 25.2 Å². The summed E-state index contributed by atoms with van der Waals surface area (Å²) >= 11 is 0. The van der Waals surface area contributed by atoms with Gasteiger partial charge >= 0.3 is 12.1 Å². The van der Waals surface area contributed by atoms with E-state index < -0.39 is 29.8 Å². The summed E-state index contributed by atoms with van der Waals surface area (Å²) in [5.74, 6) is -0.410. The summed E-state index contributed by atoms with van der Waals surface area (Å²) in [7, 11) is 0. The molecule has 0 saturated carbocycles. The summed E-state index contributed by atoms with van der Waals surface area (Å²) in [5, 5.41) is 13.0. The highest BCUT2D eigenvalue weighted by atomic mass is 16.6. The van der Waals surface area contributed by atoms with Gasteiger partial charge in [-0.3, -0.25) is 10.1 Å². The predicted molar refractivity (Wildman–Crippen MR) is 91.8 cm³/mol. The number of amides is 1. The first kappa shape index (κ1) is 19.2. The molecule has 2 rings (SSSR count). The van der Waals surface area contributed by atoms with Gasteiger partial charge in [-0.05, 0) is 26.3 Å². The van der Waals surface area contributed by atoms with Gasteiger partial charge in [-0.1, -0.05) is 30.3 Å². The molecule has 0 unspecified atom stereocenters. The van der Waals surface area contributed by atoms with Gasteiger partial charge in [0.25, 0.3) is 0 Å². The fraction of sp³-hybridized carbons (Fsp3) is 0.556. The number of ether oxygens (including phenoxy) is 2. The summed E-state index contributed by atoms with van der Waals surface area (Å²) in [5.41, 5.74) is 0.322. The molecule has 25 heavy (non-hydrogen) atoms. The van der Waals surface area contributed by atoms with E-state index in [0.29, 0.717) is 0 Å². The Labute approximate surface area is 147 Å². The number of hydrogen-bond donors (Lipinski definition) is 2. The summed E-state index contributed by atoms with van der Waals surface area (Å²) in [6, 6.07) is 9.01. The third kappa shape index (κ3) is 6.36. The van der Waals surface area contributed by atoms with Crippen LogP contribution in [0.1, 0.15) is 26.3 Å². The second-order valence-corrected chi connectivity index (χ2v) is 7.09. The normalized spacial score (nSPS) is 20.4. The van der Waals surface area contributed by atoms with Gasteiger partial charge in [-0.2, -0.15) is 0 Å². The number of carbonyl (C=O) groups excluding carboxylic acids is 2. The molecule has 2 N–H and O–H groups in total. The number of carbonyl (C=O) groups is 2. The highest BCUT2D eigenvalue weighted by molar-refractivity contribution is 5.72. The minimum atomic E-state index is -0.755. The molecule has 1 heterocycles. The molecule has 138 valence electrons. The van der Waals surface area contributed by atoms with Gasteiger partial charge in [0.2, 0.25) is 0 Å². The standard InChI is InChI=1S/C18H26N2O5/c1-18(2,3)25-17(23)20-10-14(15(21)11-20)19-9-16(22)24-12-13-7-5-4-6-8-13/h4-8,14-15,19,21H,9-12H2,1-3H3/t14-,15-/m0/s1. The molecule has 1 aliphatic heterocycles. The van der Waals surface area contributed by atoms with E-state index in [-0.39, 0.29) is 26.2 Å². The number of hydrogen-bond acceptors (Lipinski definition) is 6. The third-order valence-electron chi connectivity index (χ3n) is 3.69. The minimum absolute atomic E-state index is 0.0310. The number of β-amino-alcohol motifs (C(OH)–C–C–N with tert-alkyl or cyclic N) is 1. The number of aliphatic hydroxyl groups is 1. The Balaban J connectivity index is 1.73. The Kier molecular flexibility index (Phi) is 6.39. The molecule has 1 amide bonds. The zero-order chi connectivity index (χ0) is 18.4. The van der Waals surface area contributed by atoms with Crippen molar-refractivity contribution >= 4 is 12.1 Å². The number of nitrogens with one attached hydrogen (secondary N) is 1. The van der Waals surface area contributed by atoms with Crippen LogP contribution in [0.5, 0.6) is 0 Å². The van der Waals surface area contributed by atoms with Crippen molar-refractivity contribution in [3.05, 3.63) is 35.9 Å². The summed E-state index contributed by atoms with van der Waals surface area (Å²) in [6.07, 6.45) is -1.23. The fourth-order valence-corrected chi connectivity index (χ4v) is 2.47. The zero-order valence-electron chi connectivity index (χ0n) is 14.9. The van der Waals surface area contributed by atoms with Crippen LogP contribution in [-0.2, 0) is 20.9 Å². The van der Waals surface area contributed by atoms with Crippen molar-refractivity contribution in [1.29, 1.82) is 0 Å². The molecule has 0 aromatic heterocycles. The second-order valence-electron chi connectivity index (χ2n) is 7.09. The molecule has 1 fully saturated rings. The second kappa shape index (κ2) is 8.31. The Morgan fingerprint density at radius 1 is 1.24 bits per heavy atom. The molecule has 1 aromatic carbocycles. The van der Waals surface area contributed by atoms with Crippen molar-refractivity contribution in [2.45, 2.75) is 45.1 Å². The fourth-order valence-electron chi connectivity index (χ4n) is 2.47. The number of esters is 1. The minimum Gasteiger partial charge on any atom is -0.460 e. The molecular weight excluding hydrogens is 324 g/mol. The average Bonchev–Trinajstić information content (AvgIpc) is 2.91. The van der Waals surface area contributed by atoms with Crippen LogP contribution in [0.4, 0.5) is 4.79 Å². The third-order valence-corrected chi connectivity index (χ3v) is 3.69. The lowest BCUT2D eigenvalue weighted by Crippen LogP contribution is -2.42. The smallest absolute Gasteiger partial charge is 0.410 e. The van der Waals surface area contributed by atoms with E-state index in [9.17, 15) is 14.7 Å². The van der Waals surface area contributed by atoms with Gasteiger partial charge in [0.15, 0.2) is 0 Å². The monoisotopic (exact) mass is 350 g/mol. The topological polar surface area (TPSA) is 88.1 Å². The summed E-state index contributed by atoms with van der Waals surface area (Å²) < 4.78 is 10.5. The molecule has 0 radical (unpaired) electrons. The molecule has 0 aliphatic carbocycles. The number of benzene rings is 1. The van der Waals surface area contributed by atoms with Gasteiger partial charge in [0, 0.05) is 6.54 Å². The van der Waals surface area contributed by atoms with Crippen LogP contribution < -0.4 is 5.32 Å². The van der Waals surface area contributed by atoms with Crippen LogP contribution in [0.3, 0.4) is 0 Å². The van der Waals surface area contributed by atoms with E-state index in [2.05, 4.69) is 5.32 Å². The molecule has 0 bridgehead atoms. The molecule has 2 atom stereocenters. The van der Waals surface area contributed by atoms with E-state index >= 15 is 0 Å². The Hall–Kier alpha value is -2.12. The highest BCUT2D eigenvalue weighted by Crippen LogP contribution is 2.15. The van der Waals surface area contributed by atoms with Crippen molar-refractivity contribution in [1.82, 2.24) is 10.2 Å². The van der Waals surface area contributed by atoms with Crippen molar-refractivity contribution < 1.29 is 24.2 Å². The summed E-state index contributed by atoms with van der Waals surface area (Å²) in [6.45, 7) is 5.99. The molecule has 1 saturated heterocycles. The van der Waals surface area contributed by atoms with Crippen LogP contribution in [0.15, 0.2) is 30.3 Å². The van der Waals surface area contributed by atoms with Gasteiger partial charge < -0.3 is 19.5 Å². The lowest BCUT2D eigenvalue weighted by Gasteiger charge is -2.24. The molecule has 1 aliphatic rings. The quantitative estimate of drug-likeness (QED) is 0.778. The van der Waals surface area contributed by atoms with E-state index in [4.69, 9.17) is 9.47 Å². The van der Waals surface area contributed by atoms with Gasteiger partial charge in [-0.25, -0.2) is 4.79 Å². The van der Waals surface area contributed by atoms with E-state index in [0.717, 1.165) is 5.56 Å². The van der Waals surface area contributed by atoms with E-state index in [1.165, 1.54) is 4.90 Å². The van der Waals surface area contributed by atoms with Gasteiger partial charge in [0.1, 0.15) is 12.2 Å². The summed E-state index contributed by atoms with van der Waals surface area (Å²) in [4.78, 5) is 25.3. The Morgan fingerprint density at radius 2 is 1.92 bits per heavy atom. The van der Waals surface area contributed by atoms with Crippen LogP contribution in [0.25, 0.3) is 0 Å². The van der Waals surface area contributed by atoms with Crippen LogP contribution in [0, 0.1) is 0 Å². The Bertz CT molecular complexity index is 585. The van der Waals surface area contributed by atoms with Crippen molar-refractivity contribution in [2.24, 2.45) is 0 Å². The lowest BCUT2D eigenvalue weighted by atomic mass is 10.2. The SMILES string of the molecule is CC(C)(C)OC(=O)N1C[C@H](NCC(=O)OCc2ccccc2)[C@@H](O)C1.